The maximum Gasteiger partial charge on any atom is 0.200 e. The highest BCUT2D eigenvalue weighted by Gasteiger charge is 2.16. The second kappa shape index (κ2) is 5.96. The molecule has 0 aliphatic rings. The molecule has 0 spiro atoms. The van der Waals surface area contributed by atoms with Crippen LogP contribution in [0.25, 0.3) is 5.69 Å². The minimum Gasteiger partial charge on any atom is -0.507 e. The van der Waals surface area contributed by atoms with Crippen LogP contribution in [0.5, 0.6) is 11.5 Å². The van der Waals surface area contributed by atoms with Crippen molar-refractivity contribution in [3.63, 3.8) is 0 Å². The molecule has 0 aliphatic carbocycles. The average Bonchev–Trinajstić information content (AvgIpc) is 3.05. The number of methoxy groups -OCH3 is 1. The molecule has 5 heteroatoms. The van der Waals surface area contributed by atoms with E-state index in [0.717, 1.165) is 11.3 Å². The Bertz CT molecular complexity index is 851. The van der Waals surface area contributed by atoms with Gasteiger partial charge in [0.2, 0.25) is 0 Å². The van der Waals surface area contributed by atoms with Crippen molar-refractivity contribution in [2.45, 2.75) is 6.92 Å². The summed E-state index contributed by atoms with van der Waals surface area (Å²) >= 11 is 0. The van der Waals surface area contributed by atoms with E-state index in [1.54, 1.807) is 16.9 Å². The van der Waals surface area contributed by atoms with E-state index in [9.17, 15) is 9.90 Å². The van der Waals surface area contributed by atoms with Gasteiger partial charge in [0.25, 0.3) is 0 Å². The molecule has 0 unspecified atom stereocenters. The van der Waals surface area contributed by atoms with Crippen LogP contribution in [0.15, 0.2) is 54.9 Å². The third-order valence-electron chi connectivity index (χ3n) is 3.59. The molecule has 0 atom stereocenters. The molecule has 3 rings (SSSR count). The molecule has 5 nitrogen and oxygen atoms in total. The number of ether oxygens (including phenoxy) is 1. The monoisotopic (exact) mass is 308 g/mol. The molecular weight excluding hydrogens is 292 g/mol. The molecule has 0 amide bonds. The third kappa shape index (κ3) is 2.94. The number of aryl methyl sites for hydroxylation is 1. The zero-order chi connectivity index (χ0) is 16.4. The Labute approximate surface area is 133 Å². The van der Waals surface area contributed by atoms with Crippen LogP contribution in [0, 0.1) is 6.92 Å². The van der Waals surface area contributed by atoms with E-state index in [2.05, 4.69) is 5.10 Å². The summed E-state index contributed by atoms with van der Waals surface area (Å²) in [6, 6.07) is 12.4. The number of aromatic hydroxyl groups is 1. The molecule has 0 bridgehead atoms. The van der Waals surface area contributed by atoms with Crippen LogP contribution in [0.2, 0.25) is 0 Å². The van der Waals surface area contributed by atoms with E-state index in [-0.39, 0.29) is 17.1 Å². The van der Waals surface area contributed by atoms with Crippen LogP contribution < -0.4 is 4.74 Å². The summed E-state index contributed by atoms with van der Waals surface area (Å²) in [4.78, 5) is 12.6. The predicted octanol–water partition coefficient (Wildman–Crippen LogP) is 3.13. The van der Waals surface area contributed by atoms with Crippen molar-refractivity contribution in [2.75, 3.05) is 7.11 Å². The highest BCUT2D eigenvalue weighted by atomic mass is 16.5. The normalized spacial score (nSPS) is 10.5. The minimum atomic E-state index is -0.306. The lowest BCUT2D eigenvalue weighted by atomic mass is 10.1. The van der Waals surface area contributed by atoms with Gasteiger partial charge in [0.05, 0.1) is 30.1 Å². The second-order valence-electron chi connectivity index (χ2n) is 5.22. The zero-order valence-electron chi connectivity index (χ0n) is 12.9. The zero-order valence-corrected chi connectivity index (χ0v) is 12.9. The number of hydrogen-bond acceptors (Lipinski definition) is 4. The molecule has 0 aliphatic heterocycles. The Morgan fingerprint density at radius 3 is 2.61 bits per heavy atom. The van der Waals surface area contributed by atoms with Gasteiger partial charge in [-0.2, -0.15) is 5.10 Å². The molecule has 1 aromatic heterocycles. The van der Waals surface area contributed by atoms with E-state index >= 15 is 0 Å². The topological polar surface area (TPSA) is 64.3 Å². The summed E-state index contributed by atoms with van der Waals surface area (Å²) in [7, 11) is 1.51. The SMILES string of the molecule is COc1ccc(O)c(C(=O)c2cnn(-c3ccc(C)cc3)c2)c1. The Morgan fingerprint density at radius 2 is 1.91 bits per heavy atom. The fraction of sp³-hybridized carbons (Fsp3) is 0.111. The summed E-state index contributed by atoms with van der Waals surface area (Å²) in [6.45, 7) is 2.01. The molecule has 23 heavy (non-hydrogen) atoms. The largest absolute Gasteiger partial charge is 0.507 e. The Kier molecular flexibility index (Phi) is 3.85. The van der Waals surface area contributed by atoms with E-state index in [4.69, 9.17) is 4.74 Å². The quantitative estimate of drug-likeness (QED) is 0.752. The number of carbonyl (C=O) groups excluding carboxylic acids is 1. The molecule has 0 fully saturated rings. The van der Waals surface area contributed by atoms with Crippen LogP contribution in [0.3, 0.4) is 0 Å². The molecule has 0 radical (unpaired) electrons. The van der Waals surface area contributed by atoms with Gasteiger partial charge in [0.15, 0.2) is 5.78 Å². The molecule has 1 heterocycles. The van der Waals surface area contributed by atoms with Gasteiger partial charge in [-0.15, -0.1) is 0 Å². The van der Waals surface area contributed by atoms with Crippen LogP contribution >= 0.6 is 0 Å². The highest BCUT2D eigenvalue weighted by Crippen LogP contribution is 2.25. The van der Waals surface area contributed by atoms with E-state index in [1.807, 2.05) is 31.2 Å². The molecule has 116 valence electrons. The maximum absolute atomic E-state index is 12.6. The van der Waals surface area contributed by atoms with Crippen LogP contribution in [-0.2, 0) is 0 Å². The van der Waals surface area contributed by atoms with Crippen molar-refractivity contribution in [1.29, 1.82) is 0 Å². The van der Waals surface area contributed by atoms with E-state index < -0.39 is 0 Å². The first kappa shape index (κ1) is 14.8. The molecule has 0 saturated carbocycles. The lowest BCUT2D eigenvalue weighted by molar-refractivity contribution is 0.103. The first-order valence-corrected chi connectivity index (χ1v) is 7.12. The number of nitrogens with zero attached hydrogens (tertiary/aromatic N) is 2. The first-order chi connectivity index (χ1) is 11.1. The lowest BCUT2D eigenvalue weighted by Crippen LogP contribution is -2.01. The van der Waals surface area contributed by atoms with Crippen molar-refractivity contribution in [3.8, 4) is 17.2 Å². The second-order valence-corrected chi connectivity index (χ2v) is 5.22. The Balaban J connectivity index is 1.94. The molecular formula is C18H16N2O3. The Morgan fingerprint density at radius 1 is 1.17 bits per heavy atom. The van der Waals surface area contributed by atoms with E-state index in [1.165, 1.54) is 25.4 Å². The van der Waals surface area contributed by atoms with Gasteiger partial charge in [-0.1, -0.05) is 17.7 Å². The standard InChI is InChI=1S/C18H16N2O3/c1-12-3-5-14(6-4-12)20-11-13(10-19-20)18(22)16-9-15(23-2)7-8-17(16)21/h3-11,21H,1-2H3. The van der Waals surface area contributed by atoms with Gasteiger partial charge in [-0.3, -0.25) is 4.79 Å². The number of phenols is 1. The Hall–Kier alpha value is -3.08. The van der Waals surface area contributed by atoms with Crippen molar-refractivity contribution in [2.24, 2.45) is 0 Å². The smallest absolute Gasteiger partial charge is 0.200 e. The van der Waals surface area contributed by atoms with Crippen molar-refractivity contribution < 1.29 is 14.6 Å². The minimum absolute atomic E-state index is 0.0844. The summed E-state index contributed by atoms with van der Waals surface area (Å²) in [5.74, 6) is 0.121. The fourth-order valence-electron chi connectivity index (χ4n) is 2.26. The maximum atomic E-state index is 12.6. The first-order valence-electron chi connectivity index (χ1n) is 7.12. The average molecular weight is 308 g/mol. The molecule has 1 N–H and O–H groups in total. The van der Waals surface area contributed by atoms with Gasteiger partial charge in [0, 0.05) is 6.20 Å². The highest BCUT2D eigenvalue weighted by molar-refractivity contribution is 6.10. The van der Waals surface area contributed by atoms with Gasteiger partial charge in [0.1, 0.15) is 11.5 Å². The van der Waals surface area contributed by atoms with Gasteiger partial charge in [-0.25, -0.2) is 4.68 Å². The fourth-order valence-corrected chi connectivity index (χ4v) is 2.26. The number of aromatic nitrogens is 2. The number of ketones is 1. The van der Waals surface area contributed by atoms with E-state index in [0.29, 0.717) is 11.3 Å². The van der Waals surface area contributed by atoms with Crippen molar-refractivity contribution in [3.05, 3.63) is 71.5 Å². The number of rotatable bonds is 4. The van der Waals surface area contributed by atoms with Crippen LogP contribution in [-0.4, -0.2) is 27.8 Å². The van der Waals surface area contributed by atoms with Crippen molar-refractivity contribution in [1.82, 2.24) is 9.78 Å². The number of benzene rings is 2. The number of hydrogen-bond donors (Lipinski definition) is 1. The number of phenolic OH excluding ortho intramolecular Hbond substituents is 1. The summed E-state index contributed by atoms with van der Waals surface area (Å²) in [5.41, 5.74) is 2.60. The lowest BCUT2D eigenvalue weighted by Gasteiger charge is -2.05. The molecule has 0 saturated heterocycles. The summed E-state index contributed by atoms with van der Waals surface area (Å²) in [6.07, 6.45) is 3.13. The van der Waals surface area contributed by atoms with Gasteiger partial charge in [-0.05, 0) is 37.3 Å². The predicted molar refractivity (Wildman–Crippen MR) is 86.4 cm³/mol. The molecule has 3 aromatic rings. The summed E-state index contributed by atoms with van der Waals surface area (Å²) < 4.78 is 6.73. The van der Waals surface area contributed by atoms with Gasteiger partial charge >= 0.3 is 0 Å². The molecule has 2 aromatic carbocycles. The van der Waals surface area contributed by atoms with Crippen LogP contribution in [0.4, 0.5) is 0 Å². The van der Waals surface area contributed by atoms with Crippen molar-refractivity contribution >= 4 is 5.78 Å². The van der Waals surface area contributed by atoms with Crippen LogP contribution in [0.1, 0.15) is 21.5 Å². The third-order valence-corrected chi connectivity index (χ3v) is 3.59. The van der Waals surface area contributed by atoms with Gasteiger partial charge < -0.3 is 9.84 Å². The summed E-state index contributed by atoms with van der Waals surface area (Å²) in [5, 5.41) is 14.1. The number of carbonyl (C=O) groups is 1.